The number of rotatable bonds is 4. The highest BCUT2D eigenvalue weighted by atomic mass is 16.2. The van der Waals surface area contributed by atoms with Crippen LogP contribution in [0.25, 0.3) is 0 Å². The van der Waals surface area contributed by atoms with E-state index in [1.165, 1.54) is 12.8 Å². The molecule has 0 spiro atoms. The largest absolute Gasteiger partial charge is 0.337 e. The Balaban J connectivity index is 2.53. The van der Waals surface area contributed by atoms with Gasteiger partial charge in [-0.15, -0.1) is 0 Å². The number of nitrogens with zero attached hydrogens (tertiary/aromatic N) is 2. The van der Waals surface area contributed by atoms with Crippen LogP contribution in [-0.4, -0.2) is 22.9 Å². The maximum Gasteiger partial charge on any atom is 0.223 e. The van der Waals surface area contributed by atoms with Crippen LogP contribution in [-0.2, 0) is 4.79 Å². The van der Waals surface area contributed by atoms with Gasteiger partial charge in [0.1, 0.15) is 0 Å². The Hall–Kier alpha value is -1.04. The number of carbonyl (C=O) groups is 1. The molecule has 0 radical (unpaired) electrons. The Morgan fingerprint density at radius 2 is 2.07 bits per heavy atom. The van der Waals surface area contributed by atoms with Crippen LogP contribution in [0.15, 0.2) is 0 Å². The Labute approximate surface area is 92.1 Å². The summed E-state index contributed by atoms with van der Waals surface area (Å²) in [4.78, 5) is 13.8. The van der Waals surface area contributed by atoms with Crippen LogP contribution in [0.3, 0.4) is 0 Å². The highest BCUT2D eigenvalue weighted by molar-refractivity contribution is 5.77. The zero-order valence-corrected chi connectivity index (χ0v) is 9.92. The molecule has 1 aliphatic rings. The minimum Gasteiger partial charge on any atom is -0.337 e. The van der Waals surface area contributed by atoms with E-state index in [1.54, 1.807) is 0 Å². The van der Waals surface area contributed by atoms with Crippen LogP contribution < -0.4 is 0 Å². The molecule has 1 saturated carbocycles. The number of hydrogen-bond donors (Lipinski definition) is 0. The first-order valence-electron chi connectivity index (χ1n) is 5.62. The second-order valence-electron chi connectivity index (χ2n) is 5.27. The summed E-state index contributed by atoms with van der Waals surface area (Å²) in [7, 11) is 0. The summed E-state index contributed by atoms with van der Waals surface area (Å²) in [5.74, 6) is 0.824. The van der Waals surface area contributed by atoms with Gasteiger partial charge in [0.2, 0.25) is 5.91 Å². The van der Waals surface area contributed by atoms with Crippen LogP contribution in [0, 0.1) is 17.2 Å². The molecule has 0 aromatic carbocycles. The molecule has 0 atom stereocenters. The van der Waals surface area contributed by atoms with E-state index in [2.05, 4.69) is 6.07 Å². The van der Waals surface area contributed by atoms with Gasteiger partial charge in [-0.05, 0) is 39.5 Å². The number of hydrogen-bond acceptors (Lipinski definition) is 2. The third-order valence-corrected chi connectivity index (χ3v) is 2.72. The molecule has 1 fully saturated rings. The van der Waals surface area contributed by atoms with Gasteiger partial charge in [0.05, 0.1) is 12.5 Å². The van der Waals surface area contributed by atoms with Crippen molar-refractivity contribution in [3.05, 3.63) is 0 Å². The van der Waals surface area contributed by atoms with Gasteiger partial charge >= 0.3 is 0 Å². The average molecular weight is 208 g/mol. The van der Waals surface area contributed by atoms with Crippen molar-refractivity contribution < 1.29 is 4.79 Å². The van der Waals surface area contributed by atoms with Gasteiger partial charge in [-0.2, -0.15) is 5.26 Å². The molecule has 15 heavy (non-hydrogen) atoms. The molecular formula is C12H20N2O. The topological polar surface area (TPSA) is 44.1 Å². The third-order valence-electron chi connectivity index (χ3n) is 2.72. The minimum atomic E-state index is -0.164. The molecule has 0 aliphatic heterocycles. The molecule has 1 amide bonds. The zero-order valence-electron chi connectivity index (χ0n) is 9.92. The molecule has 3 nitrogen and oxygen atoms in total. The van der Waals surface area contributed by atoms with Crippen molar-refractivity contribution >= 4 is 5.91 Å². The van der Waals surface area contributed by atoms with E-state index in [0.717, 1.165) is 0 Å². The van der Waals surface area contributed by atoms with E-state index in [-0.39, 0.29) is 11.4 Å². The van der Waals surface area contributed by atoms with E-state index < -0.39 is 0 Å². The first-order valence-corrected chi connectivity index (χ1v) is 5.62. The lowest BCUT2D eigenvalue weighted by atomic mass is 10.0. The van der Waals surface area contributed by atoms with E-state index in [0.29, 0.717) is 25.3 Å². The SMILES string of the molecule is CC(C)(C)N(CCC#N)C(=O)CC1CC1. The number of amides is 1. The van der Waals surface area contributed by atoms with Crippen molar-refractivity contribution in [3.63, 3.8) is 0 Å². The molecule has 0 saturated heterocycles. The van der Waals surface area contributed by atoms with Crippen molar-refractivity contribution in [1.29, 1.82) is 5.26 Å². The Morgan fingerprint density at radius 3 is 2.47 bits per heavy atom. The summed E-state index contributed by atoms with van der Waals surface area (Å²) in [5.41, 5.74) is -0.164. The quantitative estimate of drug-likeness (QED) is 0.711. The summed E-state index contributed by atoms with van der Waals surface area (Å²) in [6.45, 7) is 6.63. The highest BCUT2D eigenvalue weighted by Gasteiger charge is 2.31. The van der Waals surface area contributed by atoms with Crippen LogP contribution in [0.1, 0.15) is 46.5 Å². The highest BCUT2D eigenvalue weighted by Crippen LogP contribution is 2.33. The summed E-state index contributed by atoms with van der Waals surface area (Å²) >= 11 is 0. The molecule has 0 aromatic heterocycles. The first-order chi connectivity index (χ1) is 6.95. The lowest BCUT2D eigenvalue weighted by Crippen LogP contribution is -2.46. The molecule has 3 heteroatoms. The molecule has 0 N–H and O–H groups in total. The fourth-order valence-corrected chi connectivity index (χ4v) is 1.68. The van der Waals surface area contributed by atoms with Crippen molar-refractivity contribution in [2.24, 2.45) is 5.92 Å². The van der Waals surface area contributed by atoms with Crippen LogP contribution >= 0.6 is 0 Å². The molecule has 0 unspecified atom stereocenters. The zero-order chi connectivity index (χ0) is 11.5. The van der Waals surface area contributed by atoms with Crippen molar-refractivity contribution in [2.45, 2.75) is 52.0 Å². The summed E-state index contributed by atoms with van der Waals surface area (Å²) < 4.78 is 0. The van der Waals surface area contributed by atoms with Crippen LogP contribution in [0.5, 0.6) is 0 Å². The lowest BCUT2D eigenvalue weighted by molar-refractivity contribution is -0.136. The van der Waals surface area contributed by atoms with E-state index >= 15 is 0 Å². The Bertz CT molecular complexity index is 268. The Morgan fingerprint density at radius 1 is 1.47 bits per heavy atom. The molecule has 84 valence electrons. The lowest BCUT2D eigenvalue weighted by Gasteiger charge is -2.35. The first kappa shape index (κ1) is 12.0. The van der Waals surface area contributed by atoms with Gasteiger partial charge in [0.25, 0.3) is 0 Å². The van der Waals surface area contributed by atoms with Gasteiger partial charge in [-0.3, -0.25) is 4.79 Å². The maximum atomic E-state index is 12.0. The minimum absolute atomic E-state index is 0.164. The van der Waals surface area contributed by atoms with E-state index in [9.17, 15) is 4.79 Å². The van der Waals surface area contributed by atoms with Gasteiger partial charge < -0.3 is 4.90 Å². The second kappa shape index (κ2) is 4.65. The van der Waals surface area contributed by atoms with Gasteiger partial charge in [0, 0.05) is 18.5 Å². The van der Waals surface area contributed by atoms with E-state index in [4.69, 9.17) is 5.26 Å². The predicted octanol–water partition coefficient (Wildman–Crippen LogP) is 2.33. The number of carbonyl (C=O) groups excluding carboxylic acids is 1. The Kier molecular flexibility index (Phi) is 3.73. The summed E-state index contributed by atoms with van der Waals surface area (Å²) in [6, 6.07) is 2.10. The monoisotopic (exact) mass is 208 g/mol. The normalized spacial score (nSPS) is 15.9. The molecule has 1 rings (SSSR count). The average Bonchev–Trinajstić information content (AvgIpc) is 2.86. The molecule has 0 bridgehead atoms. The van der Waals surface area contributed by atoms with Crippen molar-refractivity contribution in [3.8, 4) is 6.07 Å². The summed E-state index contributed by atoms with van der Waals surface area (Å²) in [5, 5.41) is 8.57. The van der Waals surface area contributed by atoms with Crippen molar-refractivity contribution in [1.82, 2.24) is 4.90 Å². The van der Waals surface area contributed by atoms with Gasteiger partial charge in [-0.25, -0.2) is 0 Å². The third kappa shape index (κ3) is 3.91. The summed E-state index contributed by atoms with van der Waals surface area (Å²) in [6.07, 6.45) is 3.49. The van der Waals surface area contributed by atoms with Gasteiger partial charge in [0.15, 0.2) is 0 Å². The standard InChI is InChI=1S/C12H20N2O/c1-12(2,3)14(8-4-7-13)11(15)9-10-5-6-10/h10H,4-6,8-9H2,1-3H3. The van der Waals surface area contributed by atoms with E-state index in [1.807, 2.05) is 25.7 Å². The van der Waals surface area contributed by atoms with Crippen molar-refractivity contribution in [2.75, 3.05) is 6.54 Å². The van der Waals surface area contributed by atoms with Crippen LogP contribution in [0.2, 0.25) is 0 Å². The van der Waals surface area contributed by atoms with Gasteiger partial charge in [-0.1, -0.05) is 0 Å². The fourth-order valence-electron chi connectivity index (χ4n) is 1.68. The molecule has 0 heterocycles. The second-order valence-corrected chi connectivity index (χ2v) is 5.27. The van der Waals surface area contributed by atoms with Crippen LogP contribution in [0.4, 0.5) is 0 Å². The predicted molar refractivity (Wildman–Crippen MR) is 59.0 cm³/mol. The fraction of sp³-hybridized carbons (Fsp3) is 0.833. The number of nitriles is 1. The maximum absolute atomic E-state index is 12.0. The molecule has 1 aliphatic carbocycles. The molecule has 0 aromatic rings. The molecular weight excluding hydrogens is 188 g/mol. The smallest absolute Gasteiger partial charge is 0.223 e.